The van der Waals surface area contributed by atoms with Crippen LogP contribution in [0.2, 0.25) is 0 Å². The summed E-state index contributed by atoms with van der Waals surface area (Å²) in [5.41, 5.74) is 0.789. The van der Waals surface area contributed by atoms with Crippen LogP contribution in [0.25, 0.3) is 11.5 Å². The number of methoxy groups -OCH3 is 1. The lowest BCUT2D eigenvalue weighted by atomic mass is 10.2. The number of carbonyl (C=O) groups excluding carboxylic acids is 1. The maximum atomic E-state index is 11.8. The molecule has 0 aliphatic rings. The number of hydrogen-bond donors (Lipinski definition) is 1. The van der Waals surface area contributed by atoms with Crippen molar-refractivity contribution in [3.63, 3.8) is 0 Å². The fraction of sp³-hybridized carbons (Fsp3) is 0.400. The van der Waals surface area contributed by atoms with Gasteiger partial charge in [-0.2, -0.15) is 0 Å². The molecule has 0 aliphatic heterocycles. The zero-order chi connectivity index (χ0) is 15.2. The van der Waals surface area contributed by atoms with Gasteiger partial charge < -0.3 is 14.5 Å². The molecule has 0 aliphatic carbocycles. The minimum atomic E-state index is -0.116. The van der Waals surface area contributed by atoms with E-state index in [0.717, 1.165) is 17.7 Å². The molecule has 2 rings (SSSR count). The molecule has 0 spiro atoms. The zero-order valence-electron chi connectivity index (χ0n) is 12.4. The van der Waals surface area contributed by atoms with Gasteiger partial charge in [-0.25, -0.2) is 0 Å². The number of nitrogens with one attached hydrogen (secondary N) is 1. The van der Waals surface area contributed by atoms with E-state index in [1.807, 2.05) is 38.1 Å². The molecule has 0 fully saturated rings. The van der Waals surface area contributed by atoms with Crippen molar-refractivity contribution in [1.29, 1.82) is 0 Å². The Balaban J connectivity index is 2.02. The molecular weight excluding hydrogens is 270 g/mol. The Morgan fingerprint density at radius 1 is 1.33 bits per heavy atom. The molecule has 2 aromatic rings. The van der Waals surface area contributed by atoms with Gasteiger partial charge in [-0.05, 0) is 37.6 Å². The number of nitrogens with zero attached hydrogens (tertiary/aromatic N) is 2. The second-order valence-electron chi connectivity index (χ2n) is 4.78. The van der Waals surface area contributed by atoms with Gasteiger partial charge in [0, 0.05) is 11.6 Å². The van der Waals surface area contributed by atoms with E-state index in [2.05, 4.69) is 15.5 Å². The summed E-state index contributed by atoms with van der Waals surface area (Å²) >= 11 is 0. The predicted octanol–water partition coefficient (Wildman–Crippen LogP) is 2.20. The van der Waals surface area contributed by atoms with Gasteiger partial charge in [0.15, 0.2) is 0 Å². The number of ether oxygens (including phenoxy) is 1. The molecule has 6 nitrogen and oxygen atoms in total. The minimum absolute atomic E-state index is 0.0908. The SMILES string of the molecule is CC[C@H](C)NC(=O)Cc1nnc(-c2ccc(OC)cc2)o1. The summed E-state index contributed by atoms with van der Waals surface area (Å²) in [5.74, 6) is 1.34. The van der Waals surface area contributed by atoms with Crippen LogP contribution in [0.4, 0.5) is 0 Å². The standard InChI is InChI=1S/C15H19N3O3/c1-4-10(2)16-13(19)9-14-17-18-15(21-14)11-5-7-12(20-3)8-6-11/h5-8,10H,4,9H2,1-3H3,(H,16,19)/t10-/m0/s1. The average Bonchev–Trinajstić information content (AvgIpc) is 2.95. The van der Waals surface area contributed by atoms with Crippen LogP contribution in [0.5, 0.6) is 5.75 Å². The van der Waals surface area contributed by atoms with Gasteiger partial charge in [0.1, 0.15) is 12.2 Å². The van der Waals surface area contributed by atoms with E-state index in [1.54, 1.807) is 7.11 Å². The summed E-state index contributed by atoms with van der Waals surface area (Å²) in [7, 11) is 1.61. The van der Waals surface area contributed by atoms with E-state index in [0.29, 0.717) is 11.8 Å². The molecule has 0 bridgehead atoms. The second kappa shape index (κ2) is 6.88. The van der Waals surface area contributed by atoms with Gasteiger partial charge in [-0.3, -0.25) is 4.79 Å². The molecule has 6 heteroatoms. The average molecular weight is 289 g/mol. The lowest BCUT2D eigenvalue weighted by molar-refractivity contribution is -0.121. The molecule has 0 unspecified atom stereocenters. The fourth-order valence-electron chi connectivity index (χ4n) is 1.74. The molecule has 112 valence electrons. The molecule has 0 saturated heterocycles. The van der Waals surface area contributed by atoms with Crippen molar-refractivity contribution < 1.29 is 13.9 Å². The molecule has 1 aromatic heterocycles. The Kier molecular flexibility index (Phi) is 4.92. The van der Waals surface area contributed by atoms with E-state index < -0.39 is 0 Å². The van der Waals surface area contributed by atoms with Crippen LogP contribution >= 0.6 is 0 Å². The number of carbonyl (C=O) groups is 1. The van der Waals surface area contributed by atoms with Crippen LogP contribution in [0, 0.1) is 0 Å². The Labute approximate surface area is 123 Å². The van der Waals surface area contributed by atoms with Gasteiger partial charge in [-0.15, -0.1) is 10.2 Å². The third-order valence-corrected chi connectivity index (χ3v) is 3.14. The Morgan fingerprint density at radius 2 is 2.05 bits per heavy atom. The highest BCUT2D eigenvalue weighted by Crippen LogP contribution is 2.21. The van der Waals surface area contributed by atoms with Gasteiger partial charge >= 0.3 is 0 Å². The lowest BCUT2D eigenvalue weighted by Gasteiger charge is -2.09. The van der Waals surface area contributed by atoms with Crippen molar-refractivity contribution in [2.75, 3.05) is 7.11 Å². The molecule has 1 heterocycles. The van der Waals surface area contributed by atoms with E-state index in [1.165, 1.54) is 0 Å². The third kappa shape index (κ3) is 4.05. The van der Waals surface area contributed by atoms with E-state index in [9.17, 15) is 4.79 Å². The van der Waals surface area contributed by atoms with Gasteiger partial charge in [0.25, 0.3) is 0 Å². The summed E-state index contributed by atoms with van der Waals surface area (Å²) < 4.78 is 10.6. The molecule has 1 aromatic carbocycles. The first kappa shape index (κ1) is 15.0. The highest BCUT2D eigenvalue weighted by atomic mass is 16.5. The van der Waals surface area contributed by atoms with Gasteiger partial charge in [-0.1, -0.05) is 6.92 Å². The summed E-state index contributed by atoms with van der Waals surface area (Å²) in [6.07, 6.45) is 0.972. The molecule has 21 heavy (non-hydrogen) atoms. The van der Waals surface area contributed by atoms with Crippen LogP contribution in [-0.2, 0) is 11.2 Å². The van der Waals surface area contributed by atoms with Crippen LogP contribution in [-0.4, -0.2) is 29.3 Å². The first-order valence-electron chi connectivity index (χ1n) is 6.88. The number of aromatic nitrogens is 2. The monoisotopic (exact) mass is 289 g/mol. The molecule has 1 N–H and O–H groups in total. The van der Waals surface area contributed by atoms with Gasteiger partial charge in [0.2, 0.25) is 17.7 Å². The number of rotatable bonds is 6. The minimum Gasteiger partial charge on any atom is -0.497 e. The highest BCUT2D eigenvalue weighted by Gasteiger charge is 2.13. The summed E-state index contributed by atoms with van der Waals surface area (Å²) in [5, 5.41) is 10.7. The van der Waals surface area contributed by atoms with Crippen LogP contribution < -0.4 is 10.1 Å². The molecule has 1 atom stereocenters. The Morgan fingerprint density at radius 3 is 2.67 bits per heavy atom. The van der Waals surface area contributed by atoms with Crippen molar-refractivity contribution in [2.24, 2.45) is 0 Å². The third-order valence-electron chi connectivity index (χ3n) is 3.14. The maximum Gasteiger partial charge on any atom is 0.247 e. The van der Waals surface area contributed by atoms with E-state index >= 15 is 0 Å². The number of hydrogen-bond acceptors (Lipinski definition) is 5. The van der Waals surface area contributed by atoms with Crippen molar-refractivity contribution in [3.8, 4) is 17.2 Å². The van der Waals surface area contributed by atoms with E-state index in [4.69, 9.17) is 9.15 Å². The first-order valence-corrected chi connectivity index (χ1v) is 6.88. The van der Waals surface area contributed by atoms with Crippen LogP contribution in [0.3, 0.4) is 0 Å². The second-order valence-corrected chi connectivity index (χ2v) is 4.78. The largest absolute Gasteiger partial charge is 0.497 e. The van der Waals surface area contributed by atoms with Gasteiger partial charge in [0.05, 0.1) is 7.11 Å². The smallest absolute Gasteiger partial charge is 0.247 e. The summed E-state index contributed by atoms with van der Waals surface area (Å²) in [6.45, 7) is 3.97. The predicted molar refractivity (Wildman–Crippen MR) is 77.9 cm³/mol. The van der Waals surface area contributed by atoms with Crippen molar-refractivity contribution in [3.05, 3.63) is 30.2 Å². The quantitative estimate of drug-likeness (QED) is 0.882. The molecule has 0 radical (unpaired) electrons. The topological polar surface area (TPSA) is 77.2 Å². The normalized spacial score (nSPS) is 12.0. The maximum absolute atomic E-state index is 11.8. The van der Waals surface area contributed by atoms with Crippen molar-refractivity contribution in [1.82, 2.24) is 15.5 Å². The summed E-state index contributed by atoms with van der Waals surface area (Å²) in [4.78, 5) is 11.8. The summed E-state index contributed by atoms with van der Waals surface area (Å²) in [6, 6.07) is 7.43. The van der Waals surface area contributed by atoms with Crippen LogP contribution in [0.1, 0.15) is 26.2 Å². The number of benzene rings is 1. The Hall–Kier alpha value is -2.37. The molecule has 0 saturated carbocycles. The molecular formula is C15H19N3O3. The fourth-order valence-corrected chi connectivity index (χ4v) is 1.74. The number of amides is 1. The molecule has 1 amide bonds. The van der Waals surface area contributed by atoms with E-state index in [-0.39, 0.29) is 18.4 Å². The van der Waals surface area contributed by atoms with Crippen molar-refractivity contribution in [2.45, 2.75) is 32.7 Å². The zero-order valence-corrected chi connectivity index (χ0v) is 12.4. The van der Waals surface area contributed by atoms with Crippen LogP contribution in [0.15, 0.2) is 28.7 Å². The highest BCUT2D eigenvalue weighted by molar-refractivity contribution is 5.77. The Bertz CT molecular complexity index is 592. The lowest BCUT2D eigenvalue weighted by Crippen LogP contribution is -2.33. The van der Waals surface area contributed by atoms with Crippen molar-refractivity contribution >= 4 is 5.91 Å². The first-order chi connectivity index (χ1) is 10.1.